The Balaban J connectivity index is 0.00000137. The van der Waals surface area contributed by atoms with Crippen LogP contribution in [0.3, 0.4) is 0 Å². The summed E-state index contributed by atoms with van der Waals surface area (Å²) < 4.78 is 2.49. The molecule has 0 aromatic heterocycles. The molecular formula is C14H31Cl2N2+. The highest BCUT2D eigenvalue weighted by molar-refractivity contribution is 6.34. The molecule has 1 saturated heterocycles. The summed E-state index contributed by atoms with van der Waals surface area (Å²) in [7, 11) is 2.37. The molecule has 0 aliphatic carbocycles. The Morgan fingerprint density at radius 3 is 1.83 bits per heavy atom. The molecule has 0 N–H and O–H groups in total. The van der Waals surface area contributed by atoms with E-state index in [2.05, 4.69) is 20.9 Å². The predicted molar refractivity (Wildman–Crippen MR) is 82.8 cm³/mol. The fraction of sp³-hybridized carbons (Fsp3) is 1.00. The molecule has 1 heterocycles. The van der Waals surface area contributed by atoms with E-state index < -0.39 is 0 Å². The second-order valence-corrected chi connectivity index (χ2v) is 6.85. The third kappa shape index (κ3) is 6.60. The number of rotatable bonds is 4. The van der Waals surface area contributed by atoms with Crippen LogP contribution < -0.4 is 0 Å². The van der Waals surface area contributed by atoms with Gasteiger partial charge in [-0.2, -0.15) is 0 Å². The van der Waals surface area contributed by atoms with Gasteiger partial charge in [-0.3, -0.25) is 0 Å². The van der Waals surface area contributed by atoms with Gasteiger partial charge >= 0.3 is 0 Å². The number of hydrogen-bond acceptors (Lipinski definition) is 1. The Hall–Kier alpha value is 0.500. The molecule has 0 spiro atoms. The summed E-state index contributed by atoms with van der Waals surface area (Å²) in [6.07, 6.45) is 6.56. The van der Waals surface area contributed by atoms with Crippen LogP contribution in [0.5, 0.6) is 0 Å². The zero-order chi connectivity index (χ0) is 14.2. The van der Waals surface area contributed by atoms with E-state index in [9.17, 15) is 0 Å². The van der Waals surface area contributed by atoms with Gasteiger partial charge in [0.25, 0.3) is 0 Å². The molecule has 18 heavy (non-hydrogen) atoms. The van der Waals surface area contributed by atoms with Crippen molar-refractivity contribution < 1.29 is 4.48 Å². The summed E-state index contributed by atoms with van der Waals surface area (Å²) in [6.45, 7) is 12.0. The van der Waals surface area contributed by atoms with Crippen LogP contribution in [-0.4, -0.2) is 40.6 Å². The van der Waals surface area contributed by atoms with E-state index in [0.717, 1.165) is 6.42 Å². The molecule has 1 rings (SSSR count). The molecule has 0 amide bonds. The maximum Gasteiger partial charge on any atom is 0.0803 e. The second-order valence-electron chi connectivity index (χ2n) is 6.00. The highest BCUT2D eigenvalue weighted by Gasteiger charge is 2.30. The molecule has 110 valence electrons. The SMILES string of the molecule is CC.CC(C)(CC[N+]1(C)CCCCCC1)N(Cl)Cl. The number of nitrogens with zero attached hydrogens (tertiary/aromatic N) is 2. The molecule has 1 aliphatic rings. The largest absolute Gasteiger partial charge is 0.326 e. The van der Waals surface area contributed by atoms with Crippen LogP contribution >= 0.6 is 23.6 Å². The average Bonchev–Trinajstić information content (AvgIpc) is 2.55. The van der Waals surface area contributed by atoms with E-state index in [1.165, 1.54) is 53.7 Å². The minimum Gasteiger partial charge on any atom is -0.326 e. The van der Waals surface area contributed by atoms with E-state index >= 15 is 0 Å². The van der Waals surface area contributed by atoms with Gasteiger partial charge in [0, 0.05) is 6.42 Å². The molecule has 1 fully saturated rings. The fourth-order valence-electron chi connectivity index (χ4n) is 2.30. The van der Waals surface area contributed by atoms with E-state index in [0.29, 0.717) is 0 Å². The lowest BCUT2D eigenvalue weighted by molar-refractivity contribution is -0.909. The van der Waals surface area contributed by atoms with E-state index in [1.807, 2.05) is 13.8 Å². The van der Waals surface area contributed by atoms with Crippen LogP contribution in [0.4, 0.5) is 0 Å². The molecule has 0 radical (unpaired) electrons. The summed E-state index contributed by atoms with van der Waals surface area (Å²) in [5.41, 5.74) is -0.128. The van der Waals surface area contributed by atoms with Crippen molar-refractivity contribution in [2.75, 3.05) is 26.7 Å². The lowest BCUT2D eigenvalue weighted by Gasteiger charge is -2.37. The first-order valence-corrected chi connectivity index (χ1v) is 7.99. The number of likely N-dealkylation sites (tertiary alicyclic amines) is 1. The van der Waals surface area contributed by atoms with Crippen molar-refractivity contribution in [3.63, 3.8) is 0 Å². The minimum absolute atomic E-state index is 0.128. The maximum absolute atomic E-state index is 5.86. The maximum atomic E-state index is 5.86. The number of hydrogen-bond donors (Lipinski definition) is 0. The first-order valence-electron chi connectivity index (χ1n) is 7.31. The van der Waals surface area contributed by atoms with E-state index in [1.54, 1.807) is 0 Å². The summed E-state index contributed by atoms with van der Waals surface area (Å²) in [4.78, 5) is 0. The van der Waals surface area contributed by atoms with Crippen molar-refractivity contribution in [3.05, 3.63) is 0 Å². The molecule has 0 saturated carbocycles. The van der Waals surface area contributed by atoms with Gasteiger partial charge in [-0.25, -0.2) is 0 Å². The molecule has 4 heteroatoms. The Kier molecular flexibility index (Phi) is 8.87. The van der Waals surface area contributed by atoms with Crippen molar-refractivity contribution in [2.45, 2.75) is 65.3 Å². The van der Waals surface area contributed by atoms with Crippen molar-refractivity contribution >= 4 is 23.6 Å². The van der Waals surface area contributed by atoms with Crippen LogP contribution in [0.1, 0.15) is 59.8 Å². The third-order valence-corrected chi connectivity index (χ3v) is 4.78. The van der Waals surface area contributed by atoms with Gasteiger partial charge in [-0.1, -0.05) is 13.8 Å². The molecule has 0 aromatic carbocycles. The van der Waals surface area contributed by atoms with Crippen LogP contribution in [0, 0.1) is 0 Å². The lowest BCUT2D eigenvalue weighted by atomic mass is 10.0. The van der Waals surface area contributed by atoms with E-state index in [-0.39, 0.29) is 5.54 Å². The molecule has 2 nitrogen and oxygen atoms in total. The van der Waals surface area contributed by atoms with Crippen molar-refractivity contribution in [1.82, 2.24) is 3.94 Å². The van der Waals surface area contributed by atoms with Gasteiger partial charge in [0.1, 0.15) is 0 Å². The second kappa shape index (κ2) is 8.63. The zero-order valence-electron chi connectivity index (χ0n) is 12.8. The minimum atomic E-state index is -0.128. The molecule has 0 atom stereocenters. The van der Waals surface area contributed by atoms with Gasteiger partial charge < -0.3 is 4.48 Å². The highest BCUT2D eigenvalue weighted by atomic mass is 35.5. The normalized spacial score (nSPS) is 20.0. The standard InChI is InChI=1S/C12H25Cl2N2.C2H6/c1-12(2,15(13)14)8-11-16(3)9-6-4-5-7-10-16;1-2/h4-11H2,1-3H3;1-2H3/q+1;. The molecule has 0 unspecified atom stereocenters. The summed E-state index contributed by atoms with van der Waals surface area (Å²) in [5.74, 6) is 0. The van der Waals surface area contributed by atoms with Gasteiger partial charge in [-0.15, -0.1) is 3.94 Å². The molecular weight excluding hydrogens is 267 g/mol. The molecule has 0 aromatic rings. The van der Waals surface area contributed by atoms with Crippen LogP contribution in [0.25, 0.3) is 0 Å². The molecule has 1 aliphatic heterocycles. The summed E-state index contributed by atoms with van der Waals surface area (Å²) in [6, 6.07) is 0. The van der Waals surface area contributed by atoms with Gasteiger partial charge in [0.2, 0.25) is 0 Å². The Bertz CT molecular complexity index is 210. The van der Waals surface area contributed by atoms with Gasteiger partial charge in [0.15, 0.2) is 0 Å². The van der Waals surface area contributed by atoms with Crippen molar-refractivity contribution in [3.8, 4) is 0 Å². The first-order chi connectivity index (χ1) is 8.36. The zero-order valence-corrected chi connectivity index (χ0v) is 14.3. The predicted octanol–water partition coefficient (Wildman–Crippen LogP) is 4.81. The lowest BCUT2D eigenvalue weighted by Crippen LogP contribution is -2.48. The molecule has 0 bridgehead atoms. The van der Waals surface area contributed by atoms with Crippen LogP contribution in [-0.2, 0) is 0 Å². The Morgan fingerprint density at radius 2 is 1.44 bits per heavy atom. The van der Waals surface area contributed by atoms with Gasteiger partial charge in [-0.05, 0) is 63.1 Å². The Labute approximate surface area is 124 Å². The van der Waals surface area contributed by atoms with Crippen LogP contribution in [0.2, 0.25) is 0 Å². The smallest absolute Gasteiger partial charge is 0.0803 e. The van der Waals surface area contributed by atoms with Crippen molar-refractivity contribution in [2.24, 2.45) is 0 Å². The van der Waals surface area contributed by atoms with E-state index in [4.69, 9.17) is 23.6 Å². The quantitative estimate of drug-likeness (QED) is 0.532. The number of halogens is 2. The van der Waals surface area contributed by atoms with Crippen molar-refractivity contribution in [1.29, 1.82) is 0 Å². The third-order valence-electron chi connectivity index (χ3n) is 3.87. The van der Waals surface area contributed by atoms with Crippen LogP contribution in [0.15, 0.2) is 0 Å². The van der Waals surface area contributed by atoms with Gasteiger partial charge in [0.05, 0.1) is 32.2 Å². The highest BCUT2D eigenvalue weighted by Crippen LogP contribution is 2.26. The topological polar surface area (TPSA) is 3.24 Å². The summed E-state index contributed by atoms with van der Waals surface area (Å²) >= 11 is 11.7. The Morgan fingerprint density at radius 1 is 1.00 bits per heavy atom. The number of quaternary nitrogens is 1. The first kappa shape index (κ1) is 18.5. The monoisotopic (exact) mass is 297 g/mol. The summed E-state index contributed by atoms with van der Waals surface area (Å²) in [5, 5.41) is 0. The fourth-order valence-corrected chi connectivity index (χ4v) is 2.47. The average molecular weight is 298 g/mol.